The predicted molar refractivity (Wildman–Crippen MR) is 232 cm³/mol. The van der Waals surface area contributed by atoms with E-state index in [9.17, 15) is 29.0 Å². The molecule has 4 aromatic rings. The zero-order valence-electron chi connectivity index (χ0n) is 34.3. The van der Waals surface area contributed by atoms with Crippen LogP contribution in [0.1, 0.15) is 91.9 Å². The van der Waals surface area contributed by atoms with Gasteiger partial charge in [-0.3, -0.25) is 28.7 Å². The van der Waals surface area contributed by atoms with Gasteiger partial charge in [0.1, 0.15) is 17.8 Å². The molecule has 4 aliphatic rings. The minimum absolute atomic E-state index is 0.0248. The van der Waals surface area contributed by atoms with Gasteiger partial charge in [-0.05, 0) is 105 Å². The maximum Gasteiger partial charge on any atom is 0.323 e. The quantitative estimate of drug-likeness (QED) is 0.0940. The Morgan fingerprint density at radius 2 is 1.89 bits per heavy atom. The van der Waals surface area contributed by atoms with E-state index in [2.05, 4.69) is 21.5 Å². The summed E-state index contributed by atoms with van der Waals surface area (Å²) in [6.45, 7) is 4.27. The lowest BCUT2D eigenvalue weighted by Gasteiger charge is -2.35. The summed E-state index contributed by atoms with van der Waals surface area (Å²) in [5, 5.41) is 17.5. The molecule has 1 spiro atoms. The number of pyridine rings is 1. The molecule has 5 heterocycles. The first-order chi connectivity index (χ1) is 29.4. The molecule has 7 atom stereocenters. The van der Waals surface area contributed by atoms with E-state index in [0.717, 1.165) is 47.8 Å². The molecule has 0 radical (unpaired) electrons. The van der Waals surface area contributed by atoms with Crippen LogP contribution in [0.5, 0.6) is 5.75 Å². The van der Waals surface area contributed by atoms with Gasteiger partial charge in [-0.1, -0.05) is 49.2 Å². The Morgan fingerprint density at radius 1 is 1.08 bits per heavy atom. The van der Waals surface area contributed by atoms with Crippen molar-refractivity contribution in [1.29, 1.82) is 5.26 Å². The summed E-state index contributed by atoms with van der Waals surface area (Å²) in [7, 11) is -3.69. The summed E-state index contributed by atoms with van der Waals surface area (Å²) < 4.78 is 26.5. The van der Waals surface area contributed by atoms with Crippen molar-refractivity contribution in [3.05, 3.63) is 94.1 Å². The zero-order valence-corrected chi connectivity index (χ0v) is 36.7. The monoisotopic (exact) mass is 884 g/mol. The molecule has 61 heavy (non-hydrogen) atoms. The number of aromatic nitrogens is 1. The van der Waals surface area contributed by atoms with E-state index >= 15 is 0 Å². The van der Waals surface area contributed by atoms with Crippen LogP contribution in [-0.2, 0) is 29.8 Å². The van der Waals surface area contributed by atoms with Crippen LogP contribution in [0.4, 0.5) is 0 Å². The van der Waals surface area contributed by atoms with Crippen molar-refractivity contribution in [2.45, 2.75) is 101 Å². The standard InChI is InChI=1S/C45H50ClN6O7PS/c1-3-18-58-44(56)28(2)50-60(57,59-35-10-5-4-6-11-35)27-29-12-15-39-31(19-29)21-40(61-39)41(53)49-24-30-8-7-9-34-13-14-38(52(34)42(30)54)43(55)51-26-36(32-20-33(46)25-48-23-32)37(22-47)45(51)16-17-45/h4-6,10-12,15,19-21,23,25,28,30,34,36-38H,3,7-9,13-14,16-18,24,26-27H2,1-2H3,(H,49,53)(H,50,57)/t28-,30?,34-,36-,37-,38-,60?/m0/s1. The first kappa shape index (κ1) is 42.9. The van der Waals surface area contributed by atoms with Crippen molar-refractivity contribution in [3.8, 4) is 11.8 Å². The normalized spacial score (nSPS) is 24.4. The van der Waals surface area contributed by atoms with E-state index in [1.165, 1.54) is 11.3 Å². The third kappa shape index (κ3) is 8.94. The van der Waals surface area contributed by atoms with Gasteiger partial charge in [0.2, 0.25) is 11.8 Å². The number of rotatable bonds is 14. The van der Waals surface area contributed by atoms with Gasteiger partial charge in [0.05, 0.1) is 46.1 Å². The Labute approximate surface area is 364 Å². The molecule has 8 rings (SSSR count). The Bertz CT molecular complexity index is 2400. The zero-order chi connectivity index (χ0) is 42.9. The van der Waals surface area contributed by atoms with Crippen LogP contribution < -0.4 is 14.9 Å². The maximum atomic E-state index is 14.5. The number of amides is 3. The third-order valence-corrected chi connectivity index (χ3v) is 16.0. The lowest BCUT2D eigenvalue weighted by molar-refractivity contribution is -0.148. The van der Waals surface area contributed by atoms with Gasteiger partial charge in [-0.25, -0.2) is 5.09 Å². The predicted octanol–water partition coefficient (Wildman–Crippen LogP) is 7.84. The Kier molecular flexibility index (Phi) is 12.6. The van der Waals surface area contributed by atoms with Crippen molar-refractivity contribution in [2.24, 2.45) is 11.8 Å². The van der Waals surface area contributed by atoms with Gasteiger partial charge >= 0.3 is 13.5 Å². The van der Waals surface area contributed by atoms with Crippen LogP contribution in [0.2, 0.25) is 5.02 Å². The highest BCUT2D eigenvalue weighted by molar-refractivity contribution is 7.56. The largest absolute Gasteiger partial charge is 0.465 e. The summed E-state index contributed by atoms with van der Waals surface area (Å²) in [5.74, 6) is -1.73. The molecular weight excluding hydrogens is 835 g/mol. The van der Waals surface area contributed by atoms with Crippen LogP contribution in [0.3, 0.4) is 0 Å². The molecule has 3 amide bonds. The summed E-state index contributed by atoms with van der Waals surface area (Å²) in [6, 6.07) is 18.9. The van der Waals surface area contributed by atoms with E-state index < -0.39 is 37.0 Å². The van der Waals surface area contributed by atoms with Gasteiger partial charge in [-0.15, -0.1) is 11.3 Å². The van der Waals surface area contributed by atoms with E-state index in [4.69, 9.17) is 20.9 Å². The van der Waals surface area contributed by atoms with E-state index in [1.807, 2.05) is 47.1 Å². The molecule has 2 aromatic heterocycles. The molecule has 4 fully saturated rings. The van der Waals surface area contributed by atoms with Gasteiger partial charge in [0.15, 0.2) is 0 Å². The number of likely N-dealkylation sites (tertiary alicyclic amines) is 1. The fourth-order valence-corrected chi connectivity index (χ4v) is 12.7. The molecular formula is C45H50ClN6O7PS. The highest BCUT2D eigenvalue weighted by atomic mass is 35.5. The number of para-hydroxylation sites is 1. The number of carbonyl (C=O) groups excluding carboxylic acids is 4. The average molecular weight is 885 g/mol. The molecule has 1 saturated carbocycles. The van der Waals surface area contributed by atoms with Gasteiger partial charge in [0, 0.05) is 42.1 Å². The van der Waals surface area contributed by atoms with Gasteiger partial charge in [-0.2, -0.15) is 5.26 Å². The van der Waals surface area contributed by atoms with Crippen molar-refractivity contribution in [3.63, 3.8) is 0 Å². The second-order valence-electron chi connectivity index (χ2n) is 16.8. The van der Waals surface area contributed by atoms with Crippen molar-refractivity contribution in [1.82, 2.24) is 25.2 Å². The minimum Gasteiger partial charge on any atom is -0.465 e. The highest BCUT2D eigenvalue weighted by Crippen LogP contribution is 2.58. The van der Waals surface area contributed by atoms with Gasteiger partial charge < -0.3 is 24.4 Å². The molecule has 0 bridgehead atoms. The molecule has 320 valence electrons. The lowest BCUT2D eigenvalue weighted by atomic mass is 9.85. The summed E-state index contributed by atoms with van der Waals surface area (Å²) in [6.07, 6.45) is 8.92. The van der Waals surface area contributed by atoms with Crippen LogP contribution in [-0.4, -0.2) is 81.8 Å². The molecule has 2 unspecified atom stereocenters. The smallest absolute Gasteiger partial charge is 0.323 e. The van der Waals surface area contributed by atoms with Crippen LogP contribution in [0.15, 0.2) is 73.1 Å². The van der Waals surface area contributed by atoms with Crippen molar-refractivity contribution >= 4 is 64.2 Å². The van der Waals surface area contributed by atoms with E-state index in [1.54, 1.807) is 49.6 Å². The number of nitrogens with zero attached hydrogens (tertiary/aromatic N) is 4. The molecule has 2 aromatic carbocycles. The van der Waals surface area contributed by atoms with Crippen LogP contribution in [0, 0.1) is 23.2 Å². The Morgan fingerprint density at radius 3 is 2.62 bits per heavy atom. The minimum atomic E-state index is -3.69. The molecule has 2 N–H and O–H groups in total. The molecule has 13 nitrogen and oxygen atoms in total. The number of fused-ring (bicyclic) bond motifs is 2. The highest BCUT2D eigenvalue weighted by Gasteiger charge is 2.64. The number of halogens is 1. The fraction of sp³-hybridized carbons (Fsp3) is 0.467. The SMILES string of the molecule is CCCOC(=O)[C@H](C)NP(=O)(Cc1ccc2sc(C(=O)NCC3CCC[C@H]4CC[C@@H](C(=O)N5C[C@@H](c6cncc(Cl)c6)[C@H](C#N)C56CC6)N4C3=O)cc2c1)Oc1ccccc1. The van der Waals surface area contributed by atoms with Gasteiger partial charge in [0.25, 0.3) is 5.91 Å². The number of ether oxygens (including phenoxy) is 1. The number of esters is 1. The van der Waals surface area contributed by atoms with Crippen LogP contribution >= 0.6 is 30.5 Å². The molecule has 16 heteroatoms. The third-order valence-electron chi connectivity index (χ3n) is 12.6. The van der Waals surface area contributed by atoms with Crippen molar-refractivity contribution < 1.29 is 33.0 Å². The Balaban J connectivity index is 0.933. The first-order valence-corrected chi connectivity index (χ1v) is 24.1. The summed E-state index contributed by atoms with van der Waals surface area (Å²) >= 11 is 7.60. The number of benzene rings is 2. The average Bonchev–Trinajstić information content (AvgIpc) is 3.62. The second kappa shape index (κ2) is 17.9. The molecule has 3 saturated heterocycles. The number of carbonyl (C=O) groups is 4. The fourth-order valence-electron chi connectivity index (χ4n) is 9.51. The number of nitriles is 1. The number of nitrogens with one attached hydrogen (secondary N) is 2. The second-order valence-corrected chi connectivity index (χ2v) is 20.4. The van der Waals surface area contributed by atoms with Crippen LogP contribution in [0.25, 0.3) is 10.1 Å². The lowest BCUT2D eigenvalue weighted by Crippen LogP contribution is -2.54. The first-order valence-electron chi connectivity index (χ1n) is 21.1. The van der Waals surface area contributed by atoms with Crippen molar-refractivity contribution in [2.75, 3.05) is 19.7 Å². The topological polar surface area (TPSA) is 171 Å². The van der Waals surface area contributed by atoms with E-state index in [0.29, 0.717) is 47.0 Å². The number of hydrogen-bond acceptors (Lipinski definition) is 10. The van der Waals surface area contributed by atoms with E-state index in [-0.39, 0.29) is 54.9 Å². The molecule has 1 aliphatic carbocycles. The summed E-state index contributed by atoms with van der Waals surface area (Å²) in [4.78, 5) is 63.6. The number of hydrogen-bond donors (Lipinski definition) is 2. The summed E-state index contributed by atoms with van der Waals surface area (Å²) in [5.41, 5.74) is 0.988. The maximum absolute atomic E-state index is 14.5. The number of thiophene rings is 1. The Hall–Kier alpha value is -4.80. The molecule has 3 aliphatic heterocycles.